The molecular formula is C10H18ClN. The summed E-state index contributed by atoms with van der Waals surface area (Å²) in [7, 11) is 0. The van der Waals surface area contributed by atoms with Crippen molar-refractivity contribution in [2.75, 3.05) is 19.0 Å². The summed E-state index contributed by atoms with van der Waals surface area (Å²) in [6.07, 6.45) is 7.18. The highest BCUT2D eigenvalue weighted by molar-refractivity contribution is 6.18. The third-order valence-corrected chi connectivity index (χ3v) is 3.30. The molecule has 0 aromatic carbocycles. The van der Waals surface area contributed by atoms with Crippen molar-refractivity contribution in [1.29, 1.82) is 0 Å². The van der Waals surface area contributed by atoms with Crippen LogP contribution < -0.4 is 5.32 Å². The average molecular weight is 188 g/mol. The Kier molecular flexibility index (Phi) is 4.10. The van der Waals surface area contributed by atoms with Crippen LogP contribution in [0.15, 0.2) is 12.7 Å². The fraction of sp³-hybridized carbons (Fsp3) is 0.800. The highest BCUT2D eigenvalue weighted by atomic mass is 35.5. The van der Waals surface area contributed by atoms with Crippen molar-refractivity contribution in [3.63, 3.8) is 0 Å². The summed E-state index contributed by atoms with van der Waals surface area (Å²) in [5, 5.41) is 3.37. The van der Waals surface area contributed by atoms with Crippen molar-refractivity contribution < 1.29 is 0 Å². The molecule has 0 bridgehead atoms. The molecule has 1 saturated carbocycles. The Morgan fingerprint density at radius 1 is 1.42 bits per heavy atom. The second-order valence-corrected chi connectivity index (χ2v) is 4.03. The molecule has 1 nitrogen and oxygen atoms in total. The van der Waals surface area contributed by atoms with Gasteiger partial charge in [0.15, 0.2) is 0 Å². The first-order valence-electron chi connectivity index (χ1n) is 4.71. The number of nitrogens with one attached hydrogen (secondary N) is 1. The molecule has 2 heteroatoms. The molecule has 12 heavy (non-hydrogen) atoms. The Bertz CT molecular complexity index is 139. The van der Waals surface area contributed by atoms with E-state index in [4.69, 9.17) is 11.6 Å². The summed E-state index contributed by atoms with van der Waals surface area (Å²) in [5.74, 6) is 0.803. The molecule has 0 aliphatic heterocycles. The van der Waals surface area contributed by atoms with Gasteiger partial charge in [0, 0.05) is 19.0 Å². The van der Waals surface area contributed by atoms with E-state index >= 15 is 0 Å². The maximum absolute atomic E-state index is 5.98. The molecule has 0 radical (unpaired) electrons. The van der Waals surface area contributed by atoms with E-state index in [0.29, 0.717) is 5.41 Å². The van der Waals surface area contributed by atoms with Crippen LogP contribution in [0.25, 0.3) is 0 Å². The van der Waals surface area contributed by atoms with Crippen molar-refractivity contribution >= 4 is 11.6 Å². The quantitative estimate of drug-likeness (QED) is 0.396. The zero-order chi connectivity index (χ0) is 8.86. The van der Waals surface area contributed by atoms with Crippen LogP contribution in [-0.4, -0.2) is 19.0 Å². The Morgan fingerprint density at radius 3 is 2.58 bits per heavy atom. The van der Waals surface area contributed by atoms with Gasteiger partial charge in [-0.25, -0.2) is 0 Å². The zero-order valence-electron chi connectivity index (χ0n) is 7.61. The molecule has 0 heterocycles. The summed E-state index contributed by atoms with van der Waals surface area (Å²) in [6.45, 7) is 5.64. The molecule has 0 spiro atoms. The van der Waals surface area contributed by atoms with Crippen molar-refractivity contribution in [3.8, 4) is 0 Å². The number of hydrogen-bond acceptors (Lipinski definition) is 1. The lowest BCUT2D eigenvalue weighted by Gasteiger charge is -2.26. The standard InChI is InChI=1S/C10H18ClN/c1-2-7-12-9-10(8-11)5-3-4-6-10/h2,12H,1,3-9H2. The molecule has 0 aromatic heterocycles. The summed E-state index contributed by atoms with van der Waals surface area (Å²) in [4.78, 5) is 0. The molecule has 70 valence electrons. The lowest BCUT2D eigenvalue weighted by atomic mass is 9.88. The van der Waals surface area contributed by atoms with E-state index in [1.807, 2.05) is 6.08 Å². The molecular weight excluding hydrogens is 170 g/mol. The van der Waals surface area contributed by atoms with Gasteiger partial charge >= 0.3 is 0 Å². The highest BCUT2D eigenvalue weighted by Gasteiger charge is 2.32. The van der Waals surface area contributed by atoms with Crippen LogP contribution in [0.3, 0.4) is 0 Å². The molecule has 1 N–H and O–H groups in total. The van der Waals surface area contributed by atoms with Gasteiger partial charge in [-0.3, -0.25) is 0 Å². The van der Waals surface area contributed by atoms with Gasteiger partial charge in [-0.1, -0.05) is 18.9 Å². The van der Waals surface area contributed by atoms with Crippen LogP contribution in [0.1, 0.15) is 25.7 Å². The van der Waals surface area contributed by atoms with Crippen molar-refractivity contribution in [1.82, 2.24) is 5.32 Å². The van der Waals surface area contributed by atoms with Crippen LogP contribution in [0, 0.1) is 5.41 Å². The summed E-state index contributed by atoms with van der Waals surface area (Å²) in [6, 6.07) is 0. The number of alkyl halides is 1. The summed E-state index contributed by atoms with van der Waals surface area (Å²) in [5.41, 5.74) is 0.393. The SMILES string of the molecule is C=CCNCC1(CCl)CCCC1. The molecule has 1 aliphatic carbocycles. The lowest BCUT2D eigenvalue weighted by molar-refractivity contribution is 0.327. The van der Waals surface area contributed by atoms with Crippen LogP contribution in [0.4, 0.5) is 0 Å². The summed E-state index contributed by atoms with van der Waals surface area (Å²) >= 11 is 5.98. The molecule has 1 aliphatic rings. The Balaban J connectivity index is 2.28. The fourth-order valence-electron chi connectivity index (χ4n) is 1.92. The first kappa shape index (κ1) is 10.1. The predicted octanol–water partition coefficient (Wildman–Crippen LogP) is 2.56. The van der Waals surface area contributed by atoms with Gasteiger partial charge in [0.05, 0.1) is 0 Å². The van der Waals surface area contributed by atoms with E-state index in [2.05, 4.69) is 11.9 Å². The first-order valence-corrected chi connectivity index (χ1v) is 5.24. The molecule has 0 saturated heterocycles. The van der Waals surface area contributed by atoms with Gasteiger partial charge in [-0.2, -0.15) is 0 Å². The average Bonchev–Trinajstić information content (AvgIpc) is 2.55. The van der Waals surface area contributed by atoms with Gasteiger partial charge in [-0.15, -0.1) is 18.2 Å². The van der Waals surface area contributed by atoms with E-state index < -0.39 is 0 Å². The molecule has 0 aromatic rings. The van der Waals surface area contributed by atoms with Crippen molar-refractivity contribution in [2.45, 2.75) is 25.7 Å². The Morgan fingerprint density at radius 2 is 2.08 bits per heavy atom. The smallest absolute Gasteiger partial charge is 0.0292 e. The Hall–Kier alpha value is -0.0100. The minimum absolute atomic E-state index is 0.393. The number of halogens is 1. The maximum Gasteiger partial charge on any atom is 0.0292 e. The second kappa shape index (κ2) is 4.88. The van der Waals surface area contributed by atoms with Gasteiger partial charge in [-0.05, 0) is 18.3 Å². The van der Waals surface area contributed by atoms with E-state index in [1.54, 1.807) is 0 Å². The van der Waals surface area contributed by atoms with Crippen LogP contribution in [-0.2, 0) is 0 Å². The molecule has 1 fully saturated rings. The van der Waals surface area contributed by atoms with E-state index in [-0.39, 0.29) is 0 Å². The minimum atomic E-state index is 0.393. The number of hydrogen-bond donors (Lipinski definition) is 1. The van der Waals surface area contributed by atoms with Crippen molar-refractivity contribution in [3.05, 3.63) is 12.7 Å². The van der Waals surface area contributed by atoms with Gasteiger partial charge < -0.3 is 5.32 Å². The van der Waals surface area contributed by atoms with E-state index in [0.717, 1.165) is 19.0 Å². The van der Waals surface area contributed by atoms with Crippen LogP contribution in [0.2, 0.25) is 0 Å². The molecule has 0 unspecified atom stereocenters. The second-order valence-electron chi connectivity index (χ2n) is 3.76. The van der Waals surface area contributed by atoms with Gasteiger partial charge in [0.1, 0.15) is 0 Å². The lowest BCUT2D eigenvalue weighted by Crippen LogP contribution is -2.33. The van der Waals surface area contributed by atoms with E-state index in [1.165, 1.54) is 25.7 Å². The first-order chi connectivity index (χ1) is 5.83. The normalized spacial score (nSPS) is 21.1. The molecule has 1 rings (SSSR count). The third-order valence-electron chi connectivity index (χ3n) is 2.74. The predicted molar refractivity (Wildman–Crippen MR) is 54.7 cm³/mol. The minimum Gasteiger partial charge on any atom is -0.313 e. The molecule has 0 atom stereocenters. The summed E-state index contributed by atoms with van der Waals surface area (Å²) < 4.78 is 0. The maximum atomic E-state index is 5.98. The number of rotatable bonds is 5. The topological polar surface area (TPSA) is 12.0 Å². The third kappa shape index (κ3) is 2.49. The van der Waals surface area contributed by atoms with Gasteiger partial charge in [0.2, 0.25) is 0 Å². The largest absolute Gasteiger partial charge is 0.313 e. The van der Waals surface area contributed by atoms with Crippen molar-refractivity contribution in [2.24, 2.45) is 5.41 Å². The molecule has 0 amide bonds. The van der Waals surface area contributed by atoms with Crippen LogP contribution in [0.5, 0.6) is 0 Å². The zero-order valence-corrected chi connectivity index (χ0v) is 8.37. The van der Waals surface area contributed by atoms with Crippen LogP contribution >= 0.6 is 11.6 Å². The Labute approximate surface area is 80.2 Å². The van der Waals surface area contributed by atoms with Gasteiger partial charge in [0.25, 0.3) is 0 Å². The fourth-order valence-corrected chi connectivity index (χ4v) is 2.28. The van der Waals surface area contributed by atoms with E-state index in [9.17, 15) is 0 Å². The highest BCUT2D eigenvalue weighted by Crippen LogP contribution is 2.38. The monoisotopic (exact) mass is 187 g/mol.